The number of hydrogen-bond acceptors (Lipinski definition) is 2. The van der Waals surface area contributed by atoms with Crippen LogP contribution in [0.3, 0.4) is 0 Å². The van der Waals surface area contributed by atoms with Gasteiger partial charge in [-0.15, -0.1) is 0 Å². The van der Waals surface area contributed by atoms with E-state index in [2.05, 4.69) is 59.5 Å². The summed E-state index contributed by atoms with van der Waals surface area (Å²) in [5.74, 6) is -0.214. The van der Waals surface area contributed by atoms with Crippen LogP contribution in [0.15, 0.2) is 54.6 Å². The summed E-state index contributed by atoms with van der Waals surface area (Å²) in [6.45, 7) is 1.92. The number of primary amides is 1. The monoisotopic (exact) mass is 294 g/mol. The minimum Gasteiger partial charge on any atom is -0.370 e. The van der Waals surface area contributed by atoms with Crippen LogP contribution >= 0.6 is 0 Å². The Labute approximate surface area is 131 Å². The molecule has 2 N–H and O–H groups in total. The normalized spacial score (nSPS) is 17.9. The third-order valence-corrected chi connectivity index (χ3v) is 4.37. The minimum atomic E-state index is -0.214. The Morgan fingerprint density at radius 1 is 1.09 bits per heavy atom. The molecule has 1 heterocycles. The minimum absolute atomic E-state index is 0.214. The molecule has 1 amide bonds. The van der Waals surface area contributed by atoms with E-state index < -0.39 is 0 Å². The molecule has 2 aromatic carbocycles. The van der Waals surface area contributed by atoms with E-state index in [-0.39, 0.29) is 11.9 Å². The fourth-order valence-corrected chi connectivity index (χ4v) is 3.34. The van der Waals surface area contributed by atoms with Gasteiger partial charge in [-0.2, -0.15) is 0 Å². The highest BCUT2D eigenvalue weighted by Gasteiger charge is 2.27. The molecule has 0 radical (unpaired) electrons. The maximum atomic E-state index is 11.0. The van der Waals surface area contributed by atoms with E-state index in [4.69, 9.17) is 5.73 Å². The fourth-order valence-electron chi connectivity index (χ4n) is 3.34. The van der Waals surface area contributed by atoms with Crippen LogP contribution in [-0.4, -0.2) is 23.9 Å². The van der Waals surface area contributed by atoms with E-state index in [1.807, 2.05) is 0 Å². The van der Waals surface area contributed by atoms with Gasteiger partial charge in [0, 0.05) is 13.0 Å². The number of nitrogens with zero attached hydrogens (tertiary/aromatic N) is 1. The summed E-state index contributed by atoms with van der Waals surface area (Å²) in [6.07, 6.45) is 2.34. The molecule has 114 valence electrons. The van der Waals surface area contributed by atoms with Gasteiger partial charge >= 0.3 is 0 Å². The van der Waals surface area contributed by atoms with Gasteiger partial charge in [0.25, 0.3) is 0 Å². The average Bonchev–Trinajstić information content (AvgIpc) is 2.55. The number of hydrogen-bond donors (Lipinski definition) is 1. The van der Waals surface area contributed by atoms with Crippen molar-refractivity contribution in [2.24, 2.45) is 5.73 Å². The molecule has 1 atom stereocenters. The van der Waals surface area contributed by atoms with Gasteiger partial charge in [0.15, 0.2) is 0 Å². The predicted octanol–water partition coefficient (Wildman–Crippen LogP) is 2.90. The number of rotatable bonds is 5. The van der Waals surface area contributed by atoms with Crippen molar-refractivity contribution in [1.29, 1.82) is 0 Å². The highest BCUT2D eigenvalue weighted by atomic mass is 16.1. The first-order valence-electron chi connectivity index (χ1n) is 7.91. The zero-order valence-electron chi connectivity index (χ0n) is 12.7. The van der Waals surface area contributed by atoms with Crippen LogP contribution < -0.4 is 5.73 Å². The van der Waals surface area contributed by atoms with E-state index >= 15 is 0 Å². The molecule has 0 saturated carbocycles. The molecule has 0 spiro atoms. The van der Waals surface area contributed by atoms with Crippen LogP contribution in [0.2, 0.25) is 0 Å². The second-order valence-corrected chi connectivity index (χ2v) is 5.87. The molecule has 1 unspecified atom stereocenters. The Balaban J connectivity index is 1.88. The summed E-state index contributed by atoms with van der Waals surface area (Å²) in [6, 6.07) is 19.6. The maximum absolute atomic E-state index is 11.0. The molecule has 3 heteroatoms. The molecule has 0 aliphatic carbocycles. The van der Waals surface area contributed by atoms with E-state index in [0.717, 1.165) is 25.9 Å². The van der Waals surface area contributed by atoms with Crippen LogP contribution in [0.5, 0.6) is 0 Å². The van der Waals surface area contributed by atoms with Crippen LogP contribution in [0.25, 0.3) is 0 Å². The maximum Gasteiger partial charge on any atom is 0.217 e. The Hall–Kier alpha value is -2.13. The van der Waals surface area contributed by atoms with E-state index in [1.165, 1.54) is 16.7 Å². The molecule has 3 rings (SSSR count). The van der Waals surface area contributed by atoms with Crippen LogP contribution in [0, 0.1) is 0 Å². The summed E-state index contributed by atoms with van der Waals surface area (Å²) >= 11 is 0. The number of fused-ring (bicyclic) bond motifs is 1. The summed E-state index contributed by atoms with van der Waals surface area (Å²) in [7, 11) is 0. The van der Waals surface area contributed by atoms with Gasteiger partial charge in [-0.1, -0.05) is 54.6 Å². The second kappa shape index (κ2) is 6.75. The van der Waals surface area contributed by atoms with E-state index in [1.54, 1.807) is 0 Å². The number of amides is 1. The first-order chi connectivity index (χ1) is 10.8. The highest BCUT2D eigenvalue weighted by molar-refractivity contribution is 5.73. The molecule has 2 aromatic rings. The SMILES string of the molecule is NC(=O)CCCN1CCc2ccccc2C1c1ccccc1. The lowest BCUT2D eigenvalue weighted by atomic mass is 9.88. The van der Waals surface area contributed by atoms with Gasteiger partial charge in [-0.3, -0.25) is 9.69 Å². The summed E-state index contributed by atoms with van der Waals surface area (Å²) in [5, 5.41) is 0. The van der Waals surface area contributed by atoms with E-state index in [9.17, 15) is 4.79 Å². The van der Waals surface area contributed by atoms with Crippen LogP contribution in [0.1, 0.15) is 35.6 Å². The summed E-state index contributed by atoms with van der Waals surface area (Å²) in [5.41, 5.74) is 9.41. The quantitative estimate of drug-likeness (QED) is 0.921. The van der Waals surface area contributed by atoms with Crippen molar-refractivity contribution in [2.75, 3.05) is 13.1 Å². The molecular formula is C19H22N2O. The van der Waals surface area contributed by atoms with Crippen molar-refractivity contribution in [1.82, 2.24) is 4.90 Å². The standard InChI is InChI=1S/C19H22N2O/c20-18(22)11-6-13-21-14-12-15-7-4-5-10-17(15)19(21)16-8-2-1-3-9-16/h1-5,7-10,19H,6,11-14H2,(H2,20,22). The first kappa shape index (κ1) is 14.8. The molecule has 0 bridgehead atoms. The van der Waals surface area contributed by atoms with Crippen LogP contribution in [0.4, 0.5) is 0 Å². The van der Waals surface area contributed by atoms with Crippen molar-refractivity contribution in [3.05, 3.63) is 71.3 Å². The predicted molar refractivity (Wildman–Crippen MR) is 88.4 cm³/mol. The van der Waals surface area contributed by atoms with Gasteiger partial charge in [0.2, 0.25) is 5.91 Å². The van der Waals surface area contributed by atoms with Crippen molar-refractivity contribution in [3.8, 4) is 0 Å². The average molecular weight is 294 g/mol. The molecule has 0 saturated heterocycles. The molecule has 3 nitrogen and oxygen atoms in total. The molecule has 1 aliphatic rings. The van der Waals surface area contributed by atoms with Crippen molar-refractivity contribution in [2.45, 2.75) is 25.3 Å². The Morgan fingerprint density at radius 2 is 1.82 bits per heavy atom. The zero-order chi connectivity index (χ0) is 15.4. The third-order valence-electron chi connectivity index (χ3n) is 4.37. The lowest BCUT2D eigenvalue weighted by Crippen LogP contribution is -2.37. The van der Waals surface area contributed by atoms with Gasteiger partial charge in [0.1, 0.15) is 0 Å². The number of carbonyl (C=O) groups excluding carboxylic acids is 1. The highest BCUT2D eigenvalue weighted by Crippen LogP contribution is 2.34. The second-order valence-electron chi connectivity index (χ2n) is 5.87. The van der Waals surface area contributed by atoms with Gasteiger partial charge in [0.05, 0.1) is 6.04 Å². The smallest absolute Gasteiger partial charge is 0.217 e. The van der Waals surface area contributed by atoms with Crippen molar-refractivity contribution >= 4 is 5.91 Å². The first-order valence-corrected chi connectivity index (χ1v) is 7.91. The molecule has 22 heavy (non-hydrogen) atoms. The van der Waals surface area contributed by atoms with Crippen molar-refractivity contribution in [3.63, 3.8) is 0 Å². The number of nitrogens with two attached hydrogens (primary N) is 1. The van der Waals surface area contributed by atoms with Gasteiger partial charge in [-0.25, -0.2) is 0 Å². The zero-order valence-corrected chi connectivity index (χ0v) is 12.7. The molecule has 1 aliphatic heterocycles. The Kier molecular flexibility index (Phi) is 4.54. The lowest BCUT2D eigenvalue weighted by Gasteiger charge is -2.37. The largest absolute Gasteiger partial charge is 0.370 e. The molecule has 0 aromatic heterocycles. The summed E-state index contributed by atoms with van der Waals surface area (Å²) < 4.78 is 0. The number of benzene rings is 2. The van der Waals surface area contributed by atoms with E-state index in [0.29, 0.717) is 6.42 Å². The molecular weight excluding hydrogens is 272 g/mol. The van der Waals surface area contributed by atoms with Gasteiger partial charge in [-0.05, 0) is 36.1 Å². The molecule has 0 fully saturated rings. The lowest BCUT2D eigenvalue weighted by molar-refractivity contribution is -0.118. The Morgan fingerprint density at radius 3 is 2.59 bits per heavy atom. The Bertz CT molecular complexity index is 639. The van der Waals surface area contributed by atoms with Crippen LogP contribution in [-0.2, 0) is 11.2 Å². The third kappa shape index (κ3) is 3.20. The number of carbonyl (C=O) groups is 1. The fraction of sp³-hybridized carbons (Fsp3) is 0.316. The topological polar surface area (TPSA) is 46.3 Å². The van der Waals surface area contributed by atoms with Crippen molar-refractivity contribution < 1.29 is 4.79 Å². The summed E-state index contributed by atoms with van der Waals surface area (Å²) in [4.78, 5) is 13.5. The van der Waals surface area contributed by atoms with Gasteiger partial charge < -0.3 is 5.73 Å².